The van der Waals surface area contributed by atoms with Crippen LogP contribution >= 0.6 is 0 Å². The zero-order valence-electron chi connectivity index (χ0n) is 15.3. The summed E-state index contributed by atoms with van der Waals surface area (Å²) in [6.07, 6.45) is 1.69. The Labute approximate surface area is 158 Å². The molecule has 0 atom stereocenters. The maximum absolute atomic E-state index is 12.6. The van der Waals surface area contributed by atoms with Crippen LogP contribution in [0, 0.1) is 0 Å². The van der Waals surface area contributed by atoms with E-state index < -0.39 is 10.0 Å². The lowest BCUT2D eigenvalue weighted by Crippen LogP contribution is -2.24. The molecule has 0 aliphatic heterocycles. The number of fused-ring (bicyclic) bond motifs is 1. The summed E-state index contributed by atoms with van der Waals surface area (Å²) in [5.74, 6) is 0.283. The number of sulfonamides is 1. The molecule has 8 heteroatoms. The van der Waals surface area contributed by atoms with E-state index in [1.165, 1.54) is 0 Å². The fraction of sp³-hybridized carbons (Fsp3) is 0.263. The van der Waals surface area contributed by atoms with Crippen LogP contribution in [0.1, 0.15) is 22.8 Å². The molecule has 142 valence electrons. The Morgan fingerprint density at radius 1 is 1.11 bits per heavy atom. The van der Waals surface area contributed by atoms with Crippen molar-refractivity contribution < 1.29 is 13.2 Å². The maximum atomic E-state index is 12.6. The highest BCUT2D eigenvalue weighted by Gasteiger charge is 2.13. The normalized spacial score (nSPS) is 11.6. The van der Waals surface area contributed by atoms with Crippen molar-refractivity contribution in [3.05, 3.63) is 59.7 Å². The number of aryl methyl sites for hydroxylation is 1. The standard InChI is InChI=1S/C19H22N4O3S/c1-3-23-17-7-5-4-6-16(17)21-19(23)22-18(24)15-10-8-14(9-11-15)12-13-20-27(2,25)26/h4-11,20H,3,12-13H2,1-2H3,(H,21,22,24). The van der Waals surface area contributed by atoms with E-state index in [0.717, 1.165) is 22.9 Å². The maximum Gasteiger partial charge on any atom is 0.257 e. The number of carbonyl (C=O) groups is 1. The van der Waals surface area contributed by atoms with Crippen LogP contribution in [0.3, 0.4) is 0 Å². The van der Waals surface area contributed by atoms with E-state index >= 15 is 0 Å². The molecule has 0 saturated carbocycles. The van der Waals surface area contributed by atoms with Gasteiger partial charge in [-0.05, 0) is 43.2 Å². The number of rotatable bonds is 7. The van der Waals surface area contributed by atoms with E-state index in [2.05, 4.69) is 15.0 Å². The lowest BCUT2D eigenvalue weighted by molar-refractivity contribution is 0.102. The molecular weight excluding hydrogens is 364 g/mol. The molecule has 0 radical (unpaired) electrons. The molecule has 2 aromatic carbocycles. The van der Waals surface area contributed by atoms with Crippen molar-refractivity contribution in [2.24, 2.45) is 0 Å². The Kier molecular flexibility index (Phi) is 5.57. The predicted octanol–water partition coefficient (Wildman–Crippen LogP) is 2.40. The molecule has 3 aromatic rings. The SMILES string of the molecule is CCn1c(NC(=O)c2ccc(CCNS(C)(=O)=O)cc2)nc2ccccc21. The molecule has 7 nitrogen and oxygen atoms in total. The first kappa shape index (κ1) is 19.1. The van der Waals surface area contributed by atoms with Crippen molar-refractivity contribution in [2.45, 2.75) is 19.9 Å². The van der Waals surface area contributed by atoms with Crippen LogP contribution in [-0.4, -0.2) is 36.7 Å². The van der Waals surface area contributed by atoms with Gasteiger partial charge in [-0.25, -0.2) is 18.1 Å². The smallest absolute Gasteiger partial charge is 0.257 e. The summed E-state index contributed by atoms with van der Waals surface area (Å²) < 4.78 is 26.6. The summed E-state index contributed by atoms with van der Waals surface area (Å²) in [5, 5.41) is 2.87. The summed E-state index contributed by atoms with van der Waals surface area (Å²) in [4.78, 5) is 17.1. The van der Waals surface area contributed by atoms with Gasteiger partial charge in [-0.15, -0.1) is 0 Å². The van der Waals surface area contributed by atoms with Gasteiger partial charge in [0.25, 0.3) is 5.91 Å². The van der Waals surface area contributed by atoms with Crippen molar-refractivity contribution in [1.82, 2.24) is 14.3 Å². The molecule has 0 bridgehead atoms. The molecule has 0 spiro atoms. The van der Waals surface area contributed by atoms with Crippen LogP contribution in [0.2, 0.25) is 0 Å². The minimum absolute atomic E-state index is 0.235. The minimum atomic E-state index is -3.19. The monoisotopic (exact) mass is 386 g/mol. The number of nitrogens with one attached hydrogen (secondary N) is 2. The number of amides is 1. The van der Waals surface area contributed by atoms with Gasteiger partial charge in [-0.2, -0.15) is 0 Å². The summed E-state index contributed by atoms with van der Waals surface area (Å²) in [6, 6.07) is 14.8. The van der Waals surface area contributed by atoms with Gasteiger partial charge in [-0.3, -0.25) is 10.1 Å². The number of hydrogen-bond donors (Lipinski definition) is 2. The van der Waals surface area contributed by atoms with Gasteiger partial charge < -0.3 is 4.57 Å². The highest BCUT2D eigenvalue weighted by atomic mass is 32.2. The number of para-hydroxylation sites is 2. The highest BCUT2D eigenvalue weighted by molar-refractivity contribution is 7.88. The molecule has 0 unspecified atom stereocenters. The molecule has 1 aromatic heterocycles. The van der Waals surface area contributed by atoms with Crippen molar-refractivity contribution >= 4 is 32.9 Å². The highest BCUT2D eigenvalue weighted by Crippen LogP contribution is 2.20. The van der Waals surface area contributed by atoms with Crippen LogP contribution in [0.4, 0.5) is 5.95 Å². The summed E-state index contributed by atoms with van der Waals surface area (Å²) >= 11 is 0. The largest absolute Gasteiger partial charge is 0.310 e. The Hall–Kier alpha value is -2.71. The van der Waals surface area contributed by atoms with Gasteiger partial charge >= 0.3 is 0 Å². The fourth-order valence-electron chi connectivity index (χ4n) is 2.87. The number of hydrogen-bond acceptors (Lipinski definition) is 4. The number of aromatic nitrogens is 2. The number of anilines is 1. The first-order valence-corrected chi connectivity index (χ1v) is 10.6. The van der Waals surface area contributed by atoms with Crippen molar-refractivity contribution in [3.63, 3.8) is 0 Å². The molecular formula is C19H22N4O3S. The lowest BCUT2D eigenvalue weighted by atomic mass is 10.1. The van der Waals surface area contributed by atoms with Crippen molar-refractivity contribution in [2.75, 3.05) is 18.1 Å². The first-order valence-electron chi connectivity index (χ1n) is 8.67. The molecule has 0 fully saturated rings. The van der Waals surface area contributed by atoms with Crippen molar-refractivity contribution in [1.29, 1.82) is 0 Å². The molecule has 0 aliphatic carbocycles. The van der Waals surface area contributed by atoms with Gasteiger partial charge in [0.1, 0.15) is 0 Å². The second-order valence-corrected chi connectivity index (χ2v) is 8.07. The molecule has 27 heavy (non-hydrogen) atoms. The van der Waals surface area contributed by atoms with Gasteiger partial charge in [0.05, 0.1) is 17.3 Å². The van der Waals surface area contributed by atoms with E-state index in [9.17, 15) is 13.2 Å². The average molecular weight is 386 g/mol. The van der Waals surface area contributed by atoms with E-state index in [-0.39, 0.29) is 5.91 Å². The van der Waals surface area contributed by atoms with E-state index in [1.807, 2.05) is 47.9 Å². The predicted molar refractivity (Wildman–Crippen MR) is 106 cm³/mol. The summed E-state index contributed by atoms with van der Waals surface area (Å²) in [7, 11) is -3.19. The van der Waals surface area contributed by atoms with Crippen molar-refractivity contribution in [3.8, 4) is 0 Å². The lowest BCUT2D eigenvalue weighted by Gasteiger charge is -2.08. The van der Waals surface area contributed by atoms with Gasteiger partial charge in [0, 0.05) is 18.7 Å². The summed E-state index contributed by atoms with van der Waals surface area (Å²) in [6.45, 7) is 3.02. The molecule has 2 N–H and O–H groups in total. The molecule has 0 saturated heterocycles. The van der Waals surface area contributed by atoms with E-state index in [0.29, 0.717) is 31.0 Å². The number of benzene rings is 2. The van der Waals surface area contributed by atoms with Gasteiger partial charge in [0.2, 0.25) is 16.0 Å². The van der Waals surface area contributed by atoms with Gasteiger partial charge in [0.15, 0.2) is 0 Å². The third kappa shape index (κ3) is 4.72. The fourth-order valence-corrected chi connectivity index (χ4v) is 3.34. The zero-order valence-corrected chi connectivity index (χ0v) is 16.1. The number of carbonyl (C=O) groups excluding carboxylic acids is 1. The Balaban J connectivity index is 1.70. The Bertz CT molecular complexity index is 1060. The second kappa shape index (κ2) is 7.89. The first-order chi connectivity index (χ1) is 12.9. The van der Waals surface area contributed by atoms with Crippen LogP contribution in [0.15, 0.2) is 48.5 Å². The van der Waals surface area contributed by atoms with Crippen LogP contribution in [0.5, 0.6) is 0 Å². The third-order valence-corrected chi connectivity index (χ3v) is 4.92. The third-order valence-electron chi connectivity index (χ3n) is 4.19. The van der Waals surface area contributed by atoms with E-state index in [4.69, 9.17) is 0 Å². The topological polar surface area (TPSA) is 93.1 Å². The molecule has 1 amide bonds. The number of imidazole rings is 1. The number of nitrogens with zero attached hydrogens (tertiary/aromatic N) is 2. The van der Waals surface area contributed by atoms with E-state index in [1.54, 1.807) is 12.1 Å². The Morgan fingerprint density at radius 2 is 1.81 bits per heavy atom. The second-order valence-electron chi connectivity index (χ2n) is 6.24. The molecule has 0 aliphatic rings. The zero-order chi connectivity index (χ0) is 19.4. The van der Waals surface area contributed by atoms with Crippen LogP contribution in [0.25, 0.3) is 11.0 Å². The average Bonchev–Trinajstić information content (AvgIpc) is 2.98. The minimum Gasteiger partial charge on any atom is -0.310 e. The van der Waals surface area contributed by atoms with Crippen LogP contribution in [-0.2, 0) is 23.0 Å². The molecule has 1 heterocycles. The summed E-state index contributed by atoms with van der Waals surface area (Å²) in [5.41, 5.74) is 3.28. The molecule has 3 rings (SSSR count). The van der Waals surface area contributed by atoms with Gasteiger partial charge in [-0.1, -0.05) is 24.3 Å². The quantitative estimate of drug-likeness (QED) is 0.652. The Morgan fingerprint density at radius 3 is 2.48 bits per heavy atom. The van der Waals surface area contributed by atoms with Crippen LogP contribution < -0.4 is 10.0 Å².